The van der Waals surface area contributed by atoms with Crippen molar-refractivity contribution in [2.45, 2.75) is 20.3 Å². The van der Waals surface area contributed by atoms with Crippen LogP contribution in [0.15, 0.2) is 18.3 Å². The van der Waals surface area contributed by atoms with Gasteiger partial charge in [-0.2, -0.15) is 0 Å². The van der Waals surface area contributed by atoms with E-state index in [1.807, 2.05) is 13.8 Å². The van der Waals surface area contributed by atoms with E-state index in [9.17, 15) is 9.18 Å². The van der Waals surface area contributed by atoms with Crippen molar-refractivity contribution < 1.29 is 9.18 Å². The molecule has 5 heteroatoms. The van der Waals surface area contributed by atoms with Crippen LogP contribution in [0.5, 0.6) is 0 Å². The zero-order valence-corrected chi connectivity index (χ0v) is 10.7. The summed E-state index contributed by atoms with van der Waals surface area (Å²) in [7, 11) is 0. The lowest BCUT2D eigenvalue weighted by molar-refractivity contribution is -0.126. The number of amides is 1. The first-order valence-corrected chi connectivity index (χ1v) is 6.18. The maximum atomic E-state index is 12.7. The molecule has 1 aliphatic heterocycles. The van der Waals surface area contributed by atoms with Crippen molar-refractivity contribution >= 4 is 11.7 Å². The standard InChI is InChI=1S/C13H18FN3O/c1-9(2)13(5-6-15-8-13)12(18)17-11-4-3-10(14)7-16-11/h3-4,7,9,15H,5-6,8H2,1-2H3,(H,16,17,18). The molecule has 0 radical (unpaired) electrons. The zero-order chi connectivity index (χ0) is 13.2. The molecule has 98 valence electrons. The maximum absolute atomic E-state index is 12.7. The molecule has 4 nitrogen and oxygen atoms in total. The van der Waals surface area contributed by atoms with Crippen molar-refractivity contribution in [2.24, 2.45) is 11.3 Å². The molecule has 1 saturated heterocycles. The van der Waals surface area contributed by atoms with Gasteiger partial charge in [0.05, 0.1) is 11.6 Å². The first kappa shape index (κ1) is 13.0. The predicted molar refractivity (Wildman–Crippen MR) is 67.6 cm³/mol. The zero-order valence-electron chi connectivity index (χ0n) is 10.7. The maximum Gasteiger partial charge on any atom is 0.233 e. The summed E-state index contributed by atoms with van der Waals surface area (Å²) in [5.74, 6) is 0.192. The lowest BCUT2D eigenvalue weighted by atomic mass is 9.75. The van der Waals surface area contributed by atoms with Crippen molar-refractivity contribution in [3.05, 3.63) is 24.1 Å². The third-order valence-electron chi connectivity index (χ3n) is 3.71. The fraction of sp³-hybridized carbons (Fsp3) is 0.538. The minimum atomic E-state index is -0.408. The Labute approximate surface area is 106 Å². The number of pyridine rings is 1. The van der Waals surface area contributed by atoms with Crippen LogP contribution < -0.4 is 10.6 Å². The van der Waals surface area contributed by atoms with Crippen LogP contribution in [0.3, 0.4) is 0 Å². The van der Waals surface area contributed by atoms with Crippen LogP contribution in [0, 0.1) is 17.2 Å². The Morgan fingerprint density at radius 3 is 2.83 bits per heavy atom. The number of halogens is 1. The van der Waals surface area contributed by atoms with Gasteiger partial charge in [-0.25, -0.2) is 9.37 Å². The number of nitrogens with one attached hydrogen (secondary N) is 2. The number of hydrogen-bond acceptors (Lipinski definition) is 3. The first-order valence-electron chi connectivity index (χ1n) is 6.18. The Kier molecular flexibility index (Phi) is 3.61. The van der Waals surface area contributed by atoms with Gasteiger partial charge in [0.2, 0.25) is 5.91 Å². The van der Waals surface area contributed by atoms with E-state index >= 15 is 0 Å². The molecule has 2 heterocycles. The second-order valence-electron chi connectivity index (χ2n) is 5.05. The number of rotatable bonds is 3. The lowest BCUT2D eigenvalue weighted by Crippen LogP contribution is -2.42. The van der Waals surface area contributed by atoms with Gasteiger partial charge in [-0.1, -0.05) is 13.8 Å². The Morgan fingerprint density at radius 1 is 1.56 bits per heavy atom. The molecule has 1 atom stereocenters. The fourth-order valence-corrected chi connectivity index (χ4v) is 2.35. The molecule has 1 amide bonds. The molecule has 0 saturated carbocycles. The van der Waals surface area contributed by atoms with E-state index in [-0.39, 0.29) is 11.8 Å². The van der Waals surface area contributed by atoms with Gasteiger partial charge in [-0.15, -0.1) is 0 Å². The Morgan fingerprint density at radius 2 is 2.33 bits per heavy atom. The third kappa shape index (κ3) is 2.36. The molecule has 0 spiro atoms. The van der Waals surface area contributed by atoms with Gasteiger partial charge in [0.25, 0.3) is 0 Å². The van der Waals surface area contributed by atoms with Crippen LogP contribution in [-0.4, -0.2) is 24.0 Å². The smallest absolute Gasteiger partial charge is 0.233 e. The second kappa shape index (κ2) is 5.02. The monoisotopic (exact) mass is 251 g/mol. The highest BCUT2D eigenvalue weighted by atomic mass is 19.1. The molecule has 1 aromatic heterocycles. The van der Waals surface area contributed by atoms with Crippen LogP contribution in [0.25, 0.3) is 0 Å². The van der Waals surface area contributed by atoms with E-state index in [0.717, 1.165) is 19.2 Å². The summed E-state index contributed by atoms with van der Waals surface area (Å²) >= 11 is 0. The van der Waals surface area contributed by atoms with Gasteiger partial charge in [0.15, 0.2) is 0 Å². The summed E-state index contributed by atoms with van der Waals surface area (Å²) in [5.41, 5.74) is -0.393. The highest BCUT2D eigenvalue weighted by molar-refractivity contribution is 5.95. The molecule has 1 aromatic rings. The quantitative estimate of drug-likeness (QED) is 0.861. The van der Waals surface area contributed by atoms with Crippen LogP contribution in [0.1, 0.15) is 20.3 Å². The Hall–Kier alpha value is -1.49. The Balaban J connectivity index is 2.13. The van der Waals surface area contributed by atoms with Gasteiger partial charge in [-0.3, -0.25) is 4.79 Å². The largest absolute Gasteiger partial charge is 0.316 e. The number of carbonyl (C=O) groups is 1. The van der Waals surface area contributed by atoms with Gasteiger partial charge < -0.3 is 10.6 Å². The van der Waals surface area contributed by atoms with E-state index in [4.69, 9.17) is 0 Å². The molecular formula is C13H18FN3O. The first-order chi connectivity index (χ1) is 8.54. The summed E-state index contributed by atoms with van der Waals surface area (Å²) in [5, 5.41) is 6.01. The number of hydrogen-bond donors (Lipinski definition) is 2. The van der Waals surface area contributed by atoms with E-state index in [2.05, 4.69) is 15.6 Å². The summed E-state index contributed by atoms with van der Waals surface area (Å²) in [6.45, 7) is 5.62. The van der Waals surface area contributed by atoms with Gasteiger partial charge in [-0.05, 0) is 31.0 Å². The third-order valence-corrected chi connectivity index (χ3v) is 3.71. The minimum absolute atomic E-state index is 0.0402. The molecular weight excluding hydrogens is 233 g/mol. The van der Waals surface area contributed by atoms with Gasteiger partial charge in [0.1, 0.15) is 11.6 Å². The fourth-order valence-electron chi connectivity index (χ4n) is 2.35. The molecule has 0 bridgehead atoms. The van der Waals surface area contributed by atoms with Gasteiger partial charge in [0, 0.05) is 6.54 Å². The van der Waals surface area contributed by atoms with Crippen molar-refractivity contribution in [1.82, 2.24) is 10.3 Å². The topological polar surface area (TPSA) is 54.0 Å². The molecule has 2 N–H and O–H groups in total. The van der Waals surface area contributed by atoms with Crippen LogP contribution >= 0.6 is 0 Å². The highest BCUT2D eigenvalue weighted by Crippen LogP contribution is 2.35. The van der Waals surface area contributed by atoms with Crippen molar-refractivity contribution in [2.75, 3.05) is 18.4 Å². The van der Waals surface area contributed by atoms with Gasteiger partial charge >= 0.3 is 0 Å². The molecule has 0 aromatic carbocycles. The summed E-state index contributed by atoms with van der Waals surface area (Å²) in [4.78, 5) is 16.2. The summed E-state index contributed by atoms with van der Waals surface area (Å²) < 4.78 is 12.7. The van der Waals surface area contributed by atoms with Crippen molar-refractivity contribution in [3.8, 4) is 0 Å². The second-order valence-corrected chi connectivity index (χ2v) is 5.05. The molecule has 1 aliphatic rings. The molecule has 18 heavy (non-hydrogen) atoms. The van der Waals surface area contributed by atoms with Crippen molar-refractivity contribution in [3.63, 3.8) is 0 Å². The van der Waals surface area contributed by atoms with E-state index in [0.29, 0.717) is 12.4 Å². The number of aromatic nitrogens is 1. The number of carbonyl (C=O) groups excluding carboxylic acids is 1. The van der Waals surface area contributed by atoms with Crippen molar-refractivity contribution in [1.29, 1.82) is 0 Å². The van der Waals surface area contributed by atoms with E-state index < -0.39 is 11.2 Å². The van der Waals surface area contributed by atoms with Crippen LogP contribution in [0.4, 0.5) is 10.2 Å². The Bertz CT molecular complexity index is 424. The minimum Gasteiger partial charge on any atom is -0.316 e. The predicted octanol–water partition coefficient (Wildman–Crippen LogP) is 1.79. The normalized spacial score (nSPS) is 23.3. The molecule has 0 aliphatic carbocycles. The number of nitrogens with zero attached hydrogens (tertiary/aromatic N) is 1. The summed E-state index contributed by atoms with van der Waals surface area (Å²) in [6, 6.07) is 2.77. The average molecular weight is 251 g/mol. The van der Waals surface area contributed by atoms with E-state index in [1.54, 1.807) is 0 Å². The number of anilines is 1. The summed E-state index contributed by atoms with van der Waals surface area (Å²) in [6.07, 6.45) is 1.92. The van der Waals surface area contributed by atoms with E-state index in [1.165, 1.54) is 12.1 Å². The highest BCUT2D eigenvalue weighted by Gasteiger charge is 2.43. The molecule has 2 rings (SSSR count). The van der Waals surface area contributed by atoms with Crippen LogP contribution in [-0.2, 0) is 4.79 Å². The average Bonchev–Trinajstić information content (AvgIpc) is 2.82. The lowest BCUT2D eigenvalue weighted by Gasteiger charge is -2.30. The molecule has 1 fully saturated rings. The van der Waals surface area contributed by atoms with Crippen LogP contribution in [0.2, 0.25) is 0 Å². The molecule has 1 unspecified atom stereocenters. The SMILES string of the molecule is CC(C)C1(C(=O)Nc2ccc(F)cn2)CCNC1.